The van der Waals surface area contributed by atoms with Crippen LogP contribution in [0.2, 0.25) is 0 Å². The van der Waals surface area contributed by atoms with E-state index in [1.807, 2.05) is 27.7 Å². The molecule has 4 atom stereocenters. The summed E-state index contributed by atoms with van der Waals surface area (Å²) in [6.07, 6.45) is 2.43. The van der Waals surface area contributed by atoms with Gasteiger partial charge in [0.15, 0.2) is 0 Å². The van der Waals surface area contributed by atoms with Crippen molar-refractivity contribution in [3.63, 3.8) is 0 Å². The molecule has 0 aromatic carbocycles. The second-order valence-corrected chi connectivity index (χ2v) is 5.73. The predicted octanol–water partition coefficient (Wildman–Crippen LogP) is 1.56. The van der Waals surface area contributed by atoms with Gasteiger partial charge in [-0.05, 0) is 19.3 Å². The maximum absolute atomic E-state index is 12.7. The van der Waals surface area contributed by atoms with Gasteiger partial charge in [0.05, 0.1) is 12.6 Å². The zero-order valence-electron chi connectivity index (χ0n) is 13.3. The molecular formula is C15H28N2O3. The summed E-state index contributed by atoms with van der Waals surface area (Å²) in [5.41, 5.74) is 0. The number of carbonyl (C=O) groups is 2. The molecule has 4 unspecified atom stereocenters. The van der Waals surface area contributed by atoms with Gasteiger partial charge >= 0.3 is 0 Å². The zero-order valence-corrected chi connectivity index (χ0v) is 13.3. The van der Waals surface area contributed by atoms with Gasteiger partial charge in [-0.25, -0.2) is 0 Å². The lowest BCUT2D eigenvalue weighted by Gasteiger charge is -2.43. The van der Waals surface area contributed by atoms with Crippen molar-refractivity contribution >= 4 is 11.8 Å². The third-order valence-electron chi connectivity index (χ3n) is 4.11. The molecule has 0 spiro atoms. The minimum absolute atomic E-state index is 0.0281. The monoisotopic (exact) mass is 284 g/mol. The molecule has 5 nitrogen and oxygen atoms in total. The topological polar surface area (TPSA) is 58.6 Å². The summed E-state index contributed by atoms with van der Waals surface area (Å²) in [5, 5.41) is 2.91. The Bertz CT molecular complexity index is 346. The average Bonchev–Trinajstić information content (AvgIpc) is 2.42. The van der Waals surface area contributed by atoms with Crippen LogP contribution in [0.25, 0.3) is 0 Å². The first kappa shape index (κ1) is 17.0. The highest BCUT2D eigenvalue weighted by molar-refractivity contribution is 5.97. The molecule has 0 bridgehead atoms. The number of amides is 2. The van der Waals surface area contributed by atoms with E-state index in [2.05, 4.69) is 5.32 Å². The highest BCUT2D eigenvalue weighted by Gasteiger charge is 2.43. The van der Waals surface area contributed by atoms with Gasteiger partial charge in [-0.15, -0.1) is 0 Å². The second-order valence-electron chi connectivity index (χ2n) is 5.73. The van der Waals surface area contributed by atoms with Gasteiger partial charge in [0.1, 0.15) is 12.1 Å². The quantitative estimate of drug-likeness (QED) is 0.772. The summed E-state index contributed by atoms with van der Waals surface area (Å²) < 4.78 is 5.16. The van der Waals surface area contributed by atoms with Crippen molar-refractivity contribution in [3.05, 3.63) is 0 Å². The molecule has 20 heavy (non-hydrogen) atoms. The molecule has 1 rings (SSSR count). The highest BCUT2D eigenvalue weighted by atomic mass is 16.5. The number of carbonyl (C=O) groups excluding carboxylic acids is 2. The third kappa shape index (κ3) is 3.51. The fourth-order valence-electron chi connectivity index (χ4n) is 2.76. The molecule has 0 saturated carbocycles. The standard InChI is InChI=1S/C15H28N2O3/c1-6-8-12-14(18)16-13(10(3)7-2)15(19)17(12)11(4)9-20-5/h10-13H,6-9H2,1-5H3,(H,16,18). The van der Waals surface area contributed by atoms with E-state index in [0.717, 1.165) is 12.8 Å². The van der Waals surface area contributed by atoms with Crippen molar-refractivity contribution in [1.82, 2.24) is 10.2 Å². The zero-order chi connectivity index (χ0) is 15.3. The first-order valence-corrected chi connectivity index (χ1v) is 7.59. The molecule has 0 aromatic rings. The van der Waals surface area contributed by atoms with Crippen LogP contribution in [0.3, 0.4) is 0 Å². The minimum Gasteiger partial charge on any atom is -0.383 e. The Morgan fingerprint density at radius 1 is 1.30 bits per heavy atom. The Labute approximate surface area is 122 Å². The summed E-state index contributed by atoms with van der Waals surface area (Å²) in [7, 11) is 1.62. The van der Waals surface area contributed by atoms with Crippen LogP contribution in [-0.4, -0.2) is 48.6 Å². The molecule has 1 aliphatic rings. The number of ether oxygens (including phenoxy) is 1. The van der Waals surface area contributed by atoms with E-state index in [4.69, 9.17) is 4.74 Å². The van der Waals surface area contributed by atoms with E-state index in [1.165, 1.54) is 0 Å². The maximum Gasteiger partial charge on any atom is 0.246 e. The molecular weight excluding hydrogens is 256 g/mol. The molecule has 2 amide bonds. The van der Waals surface area contributed by atoms with Crippen LogP contribution in [-0.2, 0) is 14.3 Å². The molecule has 0 aromatic heterocycles. The fourth-order valence-corrected chi connectivity index (χ4v) is 2.76. The molecule has 116 valence electrons. The molecule has 5 heteroatoms. The summed E-state index contributed by atoms with van der Waals surface area (Å²) >= 11 is 0. The van der Waals surface area contributed by atoms with Crippen LogP contribution in [0.15, 0.2) is 0 Å². The normalized spacial score (nSPS) is 26.4. The van der Waals surface area contributed by atoms with E-state index in [0.29, 0.717) is 13.0 Å². The van der Waals surface area contributed by atoms with Crippen molar-refractivity contribution < 1.29 is 14.3 Å². The molecule has 0 radical (unpaired) electrons. The van der Waals surface area contributed by atoms with Crippen molar-refractivity contribution in [1.29, 1.82) is 0 Å². The largest absolute Gasteiger partial charge is 0.383 e. The summed E-state index contributed by atoms with van der Waals surface area (Å²) in [6, 6.07) is -0.848. The molecule has 1 aliphatic heterocycles. The molecule has 1 saturated heterocycles. The predicted molar refractivity (Wildman–Crippen MR) is 78.3 cm³/mol. The Kier molecular flexibility index (Phi) is 6.46. The summed E-state index contributed by atoms with van der Waals surface area (Å²) in [5.74, 6) is 0.146. The smallest absolute Gasteiger partial charge is 0.246 e. The number of nitrogens with zero attached hydrogens (tertiary/aromatic N) is 1. The number of rotatable bonds is 7. The van der Waals surface area contributed by atoms with E-state index >= 15 is 0 Å². The van der Waals surface area contributed by atoms with Gasteiger partial charge < -0.3 is 15.0 Å². The summed E-state index contributed by atoms with van der Waals surface area (Å²) in [6.45, 7) is 8.45. The minimum atomic E-state index is -0.403. The van der Waals surface area contributed by atoms with Crippen LogP contribution >= 0.6 is 0 Å². The molecule has 1 fully saturated rings. The number of hydrogen-bond donors (Lipinski definition) is 1. The summed E-state index contributed by atoms with van der Waals surface area (Å²) in [4.78, 5) is 26.8. The molecule has 0 aliphatic carbocycles. The van der Waals surface area contributed by atoms with Crippen LogP contribution in [0.4, 0.5) is 0 Å². The Hall–Kier alpha value is -1.10. The van der Waals surface area contributed by atoms with Crippen molar-refractivity contribution in [2.75, 3.05) is 13.7 Å². The van der Waals surface area contributed by atoms with E-state index in [9.17, 15) is 9.59 Å². The van der Waals surface area contributed by atoms with Crippen LogP contribution in [0.1, 0.15) is 47.0 Å². The molecule has 1 N–H and O–H groups in total. The van der Waals surface area contributed by atoms with Crippen LogP contribution < -0.4 is 5.32 Å². The number of hydrogen-bond acceptors (Lipinski definition) is 3. The highest BCUT2D eigenvalue weighted by Crippen LogP contribution is 2.22. The van der Waals surface area contributed by atoms with Gasteiger partial charge in [0, 0.05) is 7.11 Å². The van der Waals surface area contributed by atoms with Gasteiger partial charge in [-0.1, -0.05) is 33.6 Å². The van der Waals surface area contributed by atoms with Crippen LogP contribution in [0.5, 0.6) is 0 Å². The lowest BCUT2D eigenvalue weighted by Crippen LogP contribution is -2.67. The number of methoxy groups -OCH3 is 1. The van der Waals surface area contributed by atoms with E-state index in [1.54, 1.807) is 12.0 Å². The first-order valence-electron chi connectivity index (χ1n) is 7.59. The average molecular weight is 284 g/mol. The maximum atomic E-state index is 12.7. The first-order chi connectivity index (χ1) is 9.47. The Morgan fingerprint density at radius 3 is 2.45 bits per heavy atom. The third-order valence-corrected chi connectivity index (χ3v) is 4.11. The van der Waals surface area contributed by atoms with Gasteiger partial charge in [-0.2, -0.15) is 0 Å². The van der Waals surface area contributed by atoms with Gasteiger partial charge in [0.25, 0.3) is 0 Å². The van der Waals surface area contributed by atoms with Crippen molar-refractivity contribution in [2.24, 2.45) is 5.92 Å². The van der Waals surface area contributed by atoms with Gasteiger partial charge in [0.2, 0.25) is 11.8 Å². The fraction of sp³-hybridized carbons (Fsp3) is 0.867. The lowest BCUT2D eigenvalue weighted by atomic mass is 9.92. The Morgan fingerprint density at radius 2 is 1.95 bits per heavy atom. The van der Waals surface area contributed by atoms with Crippen LogP contribution in [0, 0.1) is 5.92 Å². The number of piperazine rings is 1. The van der Waals surface area contributed by atoms with E-state index in [-0.39, 0.29) is 29.8 Å². The van der Waals surface area contributed by atoms with Gasteiger partial charge in [-0.3, -0.25) is 9.59 Å². The Balaban J connectivity index is 3.00. The van der Waals surface area contributed by atoms with E-state index < -0.39 is 6.04 Å². The van der Waals surface area contributed by atoms with Crippen molar-refractivity contribution in [2.45, 2.75) is 65.1 Å². The lowest BCUT2D eigenvalue weighted by molar-refractivity contribution is -0.154. The molecule has 1 heterocycles. The second kappa shape index (κ2) is 7.62. The van der Waals surface area contributed by atoms with Crippen molar-refractivity contribution in [3.8, 4) is 0 Å². The number of nitrogens with one attached hydrogen (secondary N) is 1. The SMILES string of the molecule is CCCC1C(=O)NC(C(C)CC)C(=O)N1C(C)COC.